The third-order valence-corrected chi connectivity index (χ3v) is 4.99. The quantitative estimate of drug-likeness (QED) is 0.365. The van der Waals surface area contributed by atoms with Crippen LogP contribution < -0.4 is 0 Å². The number of ether oxygens (including phenoxy) is 2. The molecule has 3 nitrogen and oxygen atoms in total. The molecular formula is C20H32O3. The second-order valence-corrected chi connectivity index (χ2v) is 6.83. The highest BCUT2D eigenvalue weighted by Crippen LogP contribution is 2.37. The topological polar surface area (TPSA) is 35.5 Å². The van der Waals surface area contributed by atoms with Gasteiger partial charge < -0.3 is 9.47 Å². The number of hydrogen-bond acceptors (Lipinski definition) is 3. The molecule has 2 rings (SSSR count). The summed E-state index contributed by atoms with van der Waals surface area (Å²) in [7, 11) is 0. The summed E-state index contributed by atoms with van der Waals surface area (Å²) in [6.07, 6.45) is 15.0. The molecule has 1 fully saturated rings. The molecule has 1 saturated heterocycles. The fourth-order valence-corrected chi connectivity index (χ4v) is 3.41. The van der Waals surface area contributed by atoms with E-state index in [1.165, 1.54) is 19.3 Å². The van der Waals surface area contributed by atoms with Crippen LogP contribution in [-0.4, -0.2) is 25.3 Å². The second kappa shape index (κ2) is 9.92. The highest BCUT2D eigenvalue weighted by atomic mass is 16.5. The van der Waals surface area contributed by atoms with Gasteiger partial charge in [0.1, 0.15) is 0 Å². The number of esters is 1. The highest BCUT2D eigenvalue weighted by molar-refractivity contribution is 5.71. The molecule has 0 spiro atoms. The van der Waals surface area contributed by atoms with Crippen LogP contribution in [0.5, 0.6) is 0 Å². The van der Waals surface area contributed by atoms with Crippen LogP contribution in [0.4, 0.5) is 0 Å². The average molecular weight is 320 g/mol. The molecule has 0 saturated carbocycles. The van der Waals surface area contributed by atoms with Gasteiger partial charge in [-0.3, -0.25) is 4.79 Å². The Morgan fingerprint density at radius 1 is 1.35 bits per heavy atom. The first-order chi connectivity index (χ1) is 11.2. The van der Waals surface area contributed by atoms with E-state index >= 15 is 0 Å². The zero-order valence-electron chi connectivity index (χ0n) is 14.8. The van der Waals surface area contributed by atoms with Crippen molar-refractivity contribution in [2.75, 3.05) is 13.2 Å². The van der Waals surface area contributed by atoms with Gasteiger partial charge in [0.2, 0.25) is 0 Å². The molecule has 130 valence electrons. The summed E-state index contributed by atoms with van der Waals surface area (Å²) in [4.78, 5) is 11.5. The third kappa shape index (κ3) is 6.14. The number of carbonyl (C=O) groups excluding carboxylic acids is 1. The first-order valence-corrected chi connectivity index (χ1v) is 9.35. The van der Waals surface area contributed by atoms with Crippen molar-refractivity contribution in [3.63, 3.8) is 0 Å². The van der Waals surface area contributed by atoms with Crippen LogP contribution >= 0.6 is 0 Å². The van der Waals surface area contributed by atoms with Gasteiger partial charge in [-0.25, -0.2) is 0 Å². The lowest BCUT2D eigenvalue weighted by molar-refractivity contribution is -0.142. The van der Waals surface area contributed by atoms with Crippen molar-refractivity contribution < 1.29 is 14.3 Å². The van der Waals surface area contributed by atoms with E-state index in [4.69, 9.17) is 9.47 Å². The van der Waals surface area contributed by atoms with Crippen LogP contribution in [0.1, 0.15) is 65.2 Å². The van der Waals surface area contributed by atoms with E-state index in [-0.39, 0.29) is 12.1 Å². The van der Waals surface area contributed by atoms with Gasteiger partial charge in [0.05, 0.1) is 25.7 Å². The molecular weight excluding hydrogens is 288 g/mol. The van der Waals surface area contributed by atoms with E-state index in [0.29, 0.717) is 18.9 Å². The Kier molecular flexibility index (Phi) is 7.87. The Bertz CT molecular complexity index is 425. The lowest BCUT2D eigenvalue weighted by Crippen LogP contribution is -2.30. The molecule has 3 atom stereocenters. The third-order valence-electron chi connectivity index (χ3n) is 4.99. The Labute approximate surface area is 141 Å². The maximum absolute atomic E-state index is 11.5. The summed E-state index contributed by atoms with van der Waals surface area (Å²) in [5.41, 5.74) is 1.62. The monoisotopic (exact) mass is 320 g/mol. The van der Waals surface area contributed by atoms with Gasteiger partial charge in [-0.05, 0) is 44.4 Å². The summed E-state index contributed by atoms with van der Waals surface area (Å²) < 4.78 is 11.1. The highest BCUT2D eigenvalue weighted by Gasteiger charge is 2.29. The van der Waals surface area contributed by atoms with Crippen molar-refractivity contribution in [3.8, 4) is 0 Å². The van der Waals surface area contributed by atoms with E-state index in [1.54, 1.807) is 5.57 Å². The van der Waals surface area contributed by atoms with Crippen LogP contribution in [0.15, 0.2) is 23.8 Å². The van der Waals surface area contributed by atoms with Gasteiger partial charge in [-0.1, -0.05) is 44.1 Å². The Balaban J connectivity index is 1.69. The van der Waals surface area contributed by atoms with Gasteiger partial charge in [0.25, 0.3) is 0 Å². The van der Waals surface area contributed by atoms with Gasteiger partial charge in [-0.15, -0.1) is 0 Å². The standard InChI is InChI=1S/C20H32O3/c1-3-5-12-22-20(21)9-7-6-8-19-14-18-13-16(4-2)10-11-17(18)15-23-19/h6-7,13,16-17,19H,3-5,8-12,14-15H2,1-2H3. The summed E-state index contributed by atoms with van der Waals surface area (Å²) in [6, 6.07) is 0. The predicted octanol–water partition coefficient (Wildman–Crippen LogP) is 4.82. The van der Waals surface area contributed by atoms with Crippen molar-refractivity contribution in [1.29, 1.82) is 0 Å². The first kappa shape index (κ1) is 18.3. The first-order valence-electron chi connectivity index (χ1n) is 9.35. The fourth-order valence-electron chi connectivity index (χ4n) is 3.41. The van der Waals surface area contributed by atoms with Gasteiger partial charge >= 0.3 is 5.97 Å². The number of rotatable bonds is 8. The largest absolute Gasteiger partial charge is 0.465 e. The average Bonchev–Trinajstić information content (AvgIpc) is 2.58. The van der Waals surface area contributed by atoms with E-state index in [0.717, 1.165) is 38.2 Å². The van der Waals surface area contributed by atoms with Crippen LogP contribution in [0.25, 0.3) is 0 Å². The van der Waals surface area contributed by atoms with E-state index in [9.17, 15) is 4.79 Å². The molecule has 0 aromatic heterocycles. The summed E-state index contributed by atoms with van der Waals surface area (Å²) in [6.45, 7) is 5.79. The van der Waals surface area contributed by atoms with Crippen molar-refractivity contribution >= 4 is 5.97 Å². The smallest absolute Gasteiger partial charge is 0.309 e. The van der Waals surface area contributed by atoms with Crippen LogP contribution in [-0.2, 0) is 14.3 Å². The number of fused-ring (bicyclic) bond motifs is 1. The molecule has 3 unspecified atom stereocenters. The molecule has 0 aromatic carbocycles. The van der Waals surface area contributed by atoms with Crippen LogP contribution in [0.2, 0.25) is 0 Å². The molecule has 2 aliphatic rings. The van der Waals surface area contributed by atoms with Crippen molar-refractivity contribution in [1.82, 2.24) is 0 Å². The number of allylic oxidation sites excluding steroid dienone is 1. The molecule has 1 aliphatic heterocycles. The Morgan fingerprint density at radius 2 is 2.22 bits per heavy atom. The van der Waals surface area contributed by atoms with Crippen molar-refractivity contribution in [3.05, 3.63) is 23.8 Å². The summed E-state index contributed by atoms with van der Waals surface area (Å²) in [5.74, 6) is 1.31. The van der Waals surface area contributed by atoms with Gasteiger partial charge in [-0.2, -0.15) is 0 Å². The molecule has 3 heteroatoms. The molecule has 1 aliphatic carbocycles. The molecule has 0 amide bonds. The van der Waals surface area contributed by atoms with E-state index in [2.05, 4.69) is 26.0 Å². The minimum Gasteiger partial charge on any atom is -0.465 e. The molecule has 0 aromatic rings. The predicted molar refractivity (Wildman–Crippen MR) is 93.2 cm³/mol. The lowest BCUT2D eigenvalue weighted by atomic mass is 9.78. The minimum atomic E-state index is -0.125. The summed E-state index contributed by atoms with van der Waals surface area (Å²) >= 11 is 0. The van der Waals surface area contributed by atoms with Crippen molar-refractivity contribution in [2.45, 2.75) is 71.3 Å². The maximum Gasteiger partial charge on any atom is 0.309 e. The fraction of sp³-hybridized carbons (Fsp3) is 0.750. The molecule has 0 radical (unpaired) electrons. The maximum atomic E-state index is 11.5. The van der Waals surface area contributed by atoms with Crippen LogP contribution in [0.3, 0.4) is 0 Å². The minimum absolute atomic E-state index is 0.125. The lowest BCUT2D eigenvalue weighted by Gasteiger charge is -2.35. The molecule has 23 heavy (non-hydrogen) atoms. The molecule has 0 N–H and O–H groups in total. The second-order valence-electron chi connectivity index (χ2n) is 6.83. The van der Waals surface area contributed by atoms with Gasteiger partial charge in [0.15, 0.2) is 0 Å². The van der Waals surface area contributed by atoms with E-state index < -0.39 is 0 Å². The van der Waals surface area contributed by atoms with Crippen LogP contribution in [0, 0.1) is 11.8 Å². The van der Waals surface area contributed by atoms with E-state index in [1.807, 2.05) is 6.08 Å². The number of carbonyl (C=O) groups is 1. The molecule has 0 bridgehead atoms. The Morgan fingerprint density at radius 3 is 3.00 bits per heavy atom. The normalized spacial score (nSPS) is 27.6. The molecule has 1 heterocycles. The zero-order chi connectivity index (χ0) is 16.5. The van der Waals surface area contributed by atoms with Crippen molar-refractivity contribution in [2.24, 2.45) is 11.8 Å². The SMILES string of the molecule is CCCCOC(=O)CC=CCC1CC2=CC(CC)CCC2CO1. The number of hydrogen-bond donors (Lipinski definition) is 0. The zero-order valence-corrected chi connectivity index (χ0v) is 14.8. The van der Waals surface area contributed by atoms with Gasteiger partial charge in [0, 0.05) is 5.92 Å². The Hall–Kier alpha value is -1.09. The number of unbranched alkanes of at least 4 members (excludes halogenated alkanes) is 1. The summed E-state index contributed by atoms with van der Waals surface area (Å²) in [5, 5.41) is 0.